The summed E-state index contributed by atoms with van der Waals surface area (Å²) in [5.41, 5.74) is 2.60. The third kappa shape index (κ3) is 6.25. The summed E-state index contributed by atoms with van der Waals surface area (Å²) >= 11 is 0. The van der Waals surface area contributed by atoms with Gasteiger partial charge in [-0.2, -0.15) is 0 Å². The predicted octanol–water partition coefficient (Wildman–Crippen LogP) is 2.88. The minimum atomic E-state index is 0. The SMILES string of the molecule is Cl.Cl.O=C(CC1CCCN1)NCc1ccccc1CN1CCCC1. The zero-order valence-electron chi connectivity index (χ0n) is 14.1. The van der Waals surface area contributed by atoms with Crippen LogP contribution in [0.4, 0.5) is 0 Å². The molecule has 2 saturated heterocycles. The van der Waals surface area contributed by atoms with Crippen molar-refractivity contribution in [2.75, 3.05) is 19.6 Å². The highest BCUT2D eigenvalue weighted by Gasteiger charge is 2.18. The summed E-state index contributed by atoms with van der Waals surface area (Å²) in [5, 5.41) is 6.47. The highest BCUT2D eigenvalue weighted by molar-refractivity contribution is 5.85. The Morgan fingerprint density at radius 2 is 1.83 bits per heavy atom. The van der Waals surface area contributed by atoms with Crippen LogP contribution in [0.1, 0.15) is 43.2 Å². The monoisotopic (exact) mass is 373 g/mol. The third-order valence-electron chi connectivity index (χ3n) is 4.78. The van der Waals surface area contributed by atoms with E-state index in [-0.39, 0.29) is 30.7 Å². The molecule has 1 unspecified atom stereocenters. The molecule has 0 radical (unpaired) electrons. The Balaban J connectivity index is 0.00000144. The smallest absolute Gasteiger partial charge is 0.221 e. The van der Waals surface area contributed by atoms with Crippen molar-refractivity contribution in [2.24, 2.45) is 0 Å². The lowest BCUT2D eigenvalue weighted by Gasteiger charge is -2.18. The molecule has 1 amide bonds. The van der Waals surface area contributed by atoms with E-state index in [1.807, 2.05) is 0 Å². The fraction of sp³-hybridized carbons (Fsp3) is 0.611. The van der Waals surface area contributed by atoms with E-state index in [0.29, 0.717) is 19.0 Å². The summed E-state index contributed by atoms with van der Waals surface area (Å²) in [4.78, 5) is 14.6. The number of amides is 1. The number of benzene rings is 1. The normalized spacial score (nSPS) is 20.2. The minimum Gasteiger partial charge on any atom is -0.352 e. The number of halogens is 2. The van der Waals surface area contributed by atoms with Crippen LogP contribution in [0.15, 0.2) is 24.3 Å². The molecule has 2 heterocycles. The van der Waals surface area contributed by atoms with Crippen molar-refractivity contribution in [3.05, 3.63) is 35.4 Å². The van der Waals surface area contributed by atoms with Gasteiger partial charge >= 0.3 is 0 Å². The van der Waals surface area contributed by atoms with Gasteiger partial charge in [-0.3, -0.25) is 9.69 Å². The molecule has 136 valence electrons. The Morgan fingerprint density at radius 1 is 1.12 bits per heavy atom. The lowest BCUT2D eigenvalue weighted by atomic mass is 10.1. The average molecular weight is 374 g/mol. The van der Waals surface area contributed by atoms with Gasteiger partial charge in [-0.25, -0.2) is 0 Å². The predicted molar refractivity (Wildman–Crippen MR) is 103 cm³/mol. The highest BCUT2D eigenvalue weighted by atomic mass is 35.5. The number of likely N-dealkylation sites (tertiary alicyclic amines) is 1. The van der Waals surface area contributed by atoms with Crippen LogP contribution < -0.4 is 10.6 Å². The molecule has 0 bridgehead atoms. The van der Waals surface area contributed by atoms with Crippen LogP contribution in [0.25, 0.3) is 0 Å². The molecule has 1 aromatic carbocycles. The number of hydrogen-bond donors (Lipinski definition) is 2. The van der Waals surface area contributed by atoms with Crippen LogP contribution in [0, 0.1) is 0 Å². The van der Waals surface area contributed by atoms with Crippen LogP contribution in [-0.2, 0) is 17.9 Å². The molecule has 3 rings (SSSR count). The Labute approximate surface area is 157 Å². The molecular weight excluding hydrogens is 345 g/mol. The van der Waals surface area contributed by atoms with Crippen molar-refractivity contribution in [3.63, 3.8) is 0 Å². The maximum absolute atomic E-state index is 12.1. The van der Waals surface area contributed by atoms with Gasteiger partial charge in [-0.1, -0.05) is 24.3 Å². The second-order valence-corrected chi connectivity index (χ2v) is 6.53. The van der Waals surface area contributed by atoms with E-state index >= 15 is 0 Å². The number of nitrogens with one attached hydrogen (secondary N) is 2. The molecule has 1 aromatic rings. The van der Waals surface area contributed by atoms with Crippen LogP contribution in [0.2, 0.25) is 0 Å². The third-order valence-corrected chi connectivity index (χ3v) is 4.78. The van der Waals surface area contributed by atoms with Gasteiger partial charge < -0.3 is 10.6 Å². The van der Waals surface area contributed by atoms with E-state index in [1.165, 1.54) is 43.5 Å². The highest BCUT2D eigenvalue weighted by Crippen LogP contribution is 2.16. The summed E-state index contributed by atoms with van der Waals surface area (Å²) in [6.07, 6.45) is 5.55. The van der Waals surface area contributed by atoms with Crippen LogP contribution in [0.5, 0.6) is 0 Å². The lowest BCUT2D eigenvalue weighted by Crippen LogP contribution is -2.31. The minimum absolute atomic E-state index is 0. The van der Waals surface area contributed by atoms with E-state index in [2.05, 4.69) is 39.8 Å². The molecule has 0 spiro atoms. The van der Waals surface area contributed by atoms with Crippen LogP contribution >= 0.6 is 24.8 Å². The quantitative estimate of drug-likeness (QED) is 0.805. The Hall–Kier alpha value is -0.810. The fourth-order valence-electron chi connectivity index (χ4n) is 3.49. The summed E-state index contributed by atoms with van der Waals surface area (Å²) in [5.74, 6) is 0.162. The van der Waals surface area contributed by atoms with E-state index in [0.717, 1.165) is 19.5 Å². The lowest BCUT2D eigenvalue weighted by molar-refractivity contribution is -0.121. The zero-order valence-corrected chi connectivity index (χ0v) is 15.8. The molecule has 2 fully saturated rings. The first-order chi connectivity index (χ1) is 10.8. The average Bonchev–Trinajstić information content (AvgIpc) is 3.20. The summed E-state index contributed by atoms with van der Waals surface area (Å²) < 4.78 is 0. The largest absolute Gasteiger partial charge is 0.352 e. The van der Waals surface area contributed by atoms with Gasteiger partial charge in [0.05, 0.1) is 0 Å². The number of hydrogen-bond acceptors (Lipinski definition) is 3. The summed E-state index contributed by atoms with van der Waals surface area (Å²) in [7, 11) is 0. The fourth-order valence-corrected chi connectivity index (χ4v) is 3.49. The zero-order chi connectivity index (χ0) is 15.2. The van der Waals surface area contributed by atoms with Gasteiger partial charge in [0.1, 0.15) is 0 Å². The maximum atomic E-state index is 12.1. The summed E-state index contributed by atoms with van der Waals surface area (Å²) in [6.45, 7) is 5.12. The van der Waals surface area contributed by atoms with Crippen molar-refractivity contribution in [1.82, 2.24) is 15.5 Å². The molecule has 1 atom stereocenters. The molecule has 24 heavy (non-hydrogen) atoms. The van der Waals surface area contributed by atoms with Gasteiger partial charge in [0.15, 0.2) is 0 Å². The van der Waals surface area contributed by atoms with Gasteiger partial charge in [-0.15, -0.1) is 24.8 Å². The topological polar surface area (TPSA) is 44.4 Å². The van der Waals surface area contributed by atoms with Gasteiger partial charge in [-0.05, 0) is 56.4 Å². The molecule has 0 aromatic heterocycles. The first-order valence-corrected chi connectivity index (χ1v) is 8.60. The Bertz CT molecular complexity index is 501. The first kappa shape index (κ1) is 21.2. The number of nitrogens with zero attached hydrogens (tertiary/aromatic N) is 1. The van der Waals surface area contributed by atoms with Gasteiger partial charge in [0.2, 0.25) is 5.91 Å². The van der Waals surface area contributed by atoms with Crippen molar-refractivity contribution >= 4 is 30.7 Å². The first-order valence-electron chi connectivity index (χ1n) is 8.60. The Kier molecular flexibility index (Phi) is 9.67. The molecule has 2 aliphatic heterocycles. The Morgan fingerprint density at radius 3 is 2.50 bits per heavy atom. The second kappa shape index (κ2) is 10.9. The summed E-state index contributed by atoms with van der Waals surface area (Å²) in [6, 6.07) is 8.87. The second-order valence-electron chi connectivity index (χ2n) is 6.53. The van der Waals surface area contributed by atoms with Crippen LogP contribution in [-0.4, -0.2) is 36.5 Å². The van der Waals surface area contributed by atoms with Crippen molar-refractivity contribution in [3.8, 4) is 0 Å². The van der Waals surface area contributed by atoms with E-state index in [1.54, 1.807) is 0 Å². The molecule has 2 N–H and O–H groups in total. The van der Waals surface area contributed by atoms with E-state index < -0.39 is 0 Å². The molecule has 4 nitrogen and oxygen atoms in total. The van der Waals surface area contributed by atoms with E-state index in [4.69, 9.17) is 0 Å². The molecule has 6 heteroatoms. The van der Waals surface area contributed by atoms with Crippen molar-refractivity contribution in [1.29, 1.82) is 0 Å². The molecule has 0 aliphatic carbocycles. The molecule has 2 aliphatic rings. The standard InChI is InChI=1S/C18H27N3O.2ClH/c22-18(12-17-8-5-9-19-17)20-13-15-6-1-2-7-16(15)14-21-10-3-4-11-21;;/h1-2,6-7,17,19H,3-5,8-14H2,(H,20,22);2*1H. The van der Waals surface area contributed by atoms with Crippen molar-refractivity contribution in [2.45, 2.75) is 51.2 Å². The van der Waals surface area contributed by atoms with Crippen LogP contribution in [0.3, 0.4) is 0 Å². The number of carbonyl (C=O) groups excluding carboxylic acids is 1. The van der Waals surface area contributed by atoms with Gasteiger partial charge in [0.25, 0.3) is 0 Å². The number of carbonyl (C=O) groups is 1. The maximum Gasteiger partial charge on any atom is 0.221 e. The molecular formula is C18H29Cl2N3O. The number of rotatable bonds is 6. The molecule has 0 saturated carbocycles. The van der Waals surface area contributed by atoms with E-state index in [9.17, 15) is 4.79 Å². The van der Waals surface area contributed by atoms with Gasteiger partial charge in [0, 0.05) is 25.6 Å². The van der Waals surface area contributed by atoms with Crippen molar-refractivity contribution < 1.29 is 4.79 Å².